The van der Waals surface area contributed by atoms with Crippen molar-refractivity contribution in [3.63, 3.8) is 0 Å². The first-order valence-corrected chi connectivity index (χ1v) is 4.63. The molecule has 0 unspecified atom stereocenters. The van der Waals surface area contributed by atoms with Gasteiger partial charge in [0.05, 0.1) is 0 Å². The van der Waals surface area contributed by atoms with E-state index in [-0.39, 0.29) is 5.82 Å². The van der Waals surface area contributed by atoms with E-state index in [2.05, 4.69) is 5.32 Å². The van der Waals surface area contributed by atoms with E-state index in [9.17, 15) is 4.39 Å². The molecule has 14 heavy (non-hydrogen) atoms. The minimum Gasteiger partial charge on any atom is -0.316 e. The summed E-state index contributed by atoms with van der Waals surface area (Å²) in [5, 5.41) is 5.05. The fourth-order valence-electron chi connectivity index (χ4n) is 1.67. The number of rotatable bonds is 2. The van der Waals surface area contributed by atoms with E-state index < -0.39 is 0 Å². The van der Waals surface area contributed by atoms with E-state index in [4.69, 9.17) is 0 Å². The van der Waals surface area contributed by atoms with Gasteiger partial charge in [-0.3, -0.25) is 0 Å². The standard InChI is InChI=1S/C12H12FN/c1-14-8-11-10-5-3-2-4-9(10)6-7-12(11)13/h2-7,14H,8H2,1H3. The second-order valence-corrected chi connectivity index (χ2v) is 3.28. The maximum atomic E-state index is 13.5. The zero-order chi connectivity index (χ0) is 9.97. The molecule has 0 amide bonds. The first kappa shape index (κ1) is 9.16. The molecule has 0 aromatic heterocycles. The Balaban J connectivity index is 2.69. The topological polar surface area (TPSA) is 12.0 Å². The van der Waals surface area contributed by atoms with Crippen molar-refractivity contribution in [3.05, 3.63) is 47.8 Å². The van der Waals surface area contributed by atoms with Crippen molar-refractivity contribution in [2.45, 2.75) is 6.54 Å². The molecule has 2 aromatic carbocycles. The molecule has 0 aliphatic rings. The number of nitrogens with one attached hydrogen (secondary N) is 1. The first-order chi connectivity index (χ1) is 6.83. The fourth-order valence-corrected chi connectivity index (χ4v) is 1.67. The van der Waals surface area contributed by atoms with Crippen LogP contribution in [0.4, 0.5) is 4.39 Å². The quantitative estimate of drug-likeness (QED) is 0.765. The van der Waals surface area contributed by atoms with Crippen molar-refractivity contribution in [1.82, 2.24) is 5.32 Å². The van der Waals surface area contributed by atoms with Gasteiger partial charge >= 0.3 is 0 Å². The van der Waals surface area contributed by atoms with Crippen LogP contribution in [0.1, 0.15) is 5.56 Å². The smallest absolute Gasteiger partial charge is 0.128 e. The Morgan fingerprint density at radius 1 is 1.14 bits per heavy atom. The highest BCUT2D eigenvalue weighted by molar-refractivity contribution is 5.85. The molecule has 0 saturated carbocycles. The summed E-state index contributed by atoms with van der Waals surface area (Å²) in [5.74, 6) is -0.141. The lowest BCUT2D eigenvalue weighted by Gasteiger charge is -2.06. The van der Waals surface area contributed by atoms with Crippen molar-refractivity contribution in [1.29, 1.82) is 0 Å². The normalized spacial score (nSPS) is 10.7. The molecule has 1 nitrogen and oxygen atoms in total. The van der Waals surface area contributed by atoms with Gasteiger partial charge < -0.3 is 5.32 Å². The van der Waals surface area contributed by atoms with Gasteiger partial charge in [-0.1, -0.05) is 30.3 Å². The van der Waals surface area contributed by atoms with Gasteiger partial charge in [0.1, 0.15) is 5.82 Å². The lowest BCUT2D eigenvalue weighted by Crippen LogP contribution is -2.07. The summed E-state index contributed by atoms with van der Waals surface area (Å²) in [6.07, 6.45) is 0. The van der Waals surface area contributed by atoms with E-state index in [0.29, 0.717) is 6.54 Å². The van der Waals surface area contributed by atoms with Crippen LogP contribution < -0.4 is 5.32 Å². The molecule has 0 spiro atoms. The molecular weight excluding hydrogens is 177 g/mol. The summed E-state index contributed by atoms with van der Waals surface area (Å²) in [4.78, 5) is 0. The van der Waals surface area contributed by atoms with Crippen molar-refractivity contribution >= 4 is 10.8 Å². The second-order valence-electron chi connectivity index (χ2n) is 3.28. The van der Waals surface area contributed by atoms with Crippen LogP contribution in [0, 0.1) is 5.82 Å². The summed E-state index contributed by atoms with van der Waals surface area (Å²) >= 11 is 0. The second kappa shape index (κ2) is 3.76. The Hall–Kier alpha value is -1.41. The molecule has 72 valence electrons. The molecule has 0 saturated heterocycles. The zero-order valence-electron chi connectivity index (χ0n) is 8.05. The molecule has 0 radical (unpaired) electrons. The van der Waals surface area contributed by atoms with Crippen LogP contribution in [-0.4, -0.2) is 7.05 Å². The van der Waals surface area contributed by atoms with Crippen LogP contribution in [-0.2, 0) is 6.54 Å². The zero-order valence-corrected chi connectivity index (χ0v) is 8.05. The molecule has 2 rings (SSSR count). The van der Waals surface area contributed by atoms with E-state index in [0.717, 1.165) is 16.3 Å². The van der Waals surface area contributed by atoms with Crippen molar-refractivity contribution < 1.29 is 4.39 Å². The van der Waals surface area contributed by atoms with E-state index in [1.54, 1.807) is 0 Å². The van der Waals surface area contributed by atoms with E-state index in [1.165, 1.54) is 6.07 Å². The number of hydrogen-bond acceptors (Lipinski definition) is 1. The minimum absolute atomic E-state index is 0.141. The molecule has 1 N–H and O–H groups in total. The predicted octanol–water partition coefficient (Wildman–Crippen LogP) is 2.70. The van der Waals surface area contributed by atoms with Gasteiger partial charge in [0, 0.05) is 12.1 Å². The third-order valence-electron chi connectivity index (χ3n) is 2.34. The maximum absolute atomic E-state index is 13.5. The lowest BCUT2D eigenvalue weighted by molar-refractivity contribution is 0.604. The molecule has 2 heteroatoms. The van der Waals surface area contributed by atoms with E-state index in [1.807, 2.05) is 37.4 Å². The molecule has 0 aliphatic carbocycles. The Morgan fingerprint density at radius 3 is 2.71 bits per heavy atom. The summed E-state index contributed by atoms with van der Waals surface area (Å²) in [7, 11) is 1.82. The van der Waals surface area contributed by atoms with Gasteiger partial charge in [0.25, 0.3) is 0 Å². The summed E-state index contributed by atoms with van der Waals surface area (Å²) < 4.78 is 13.5. The average molecular weight is 189 g/mol. The fraction of sp³-hybridized carbons (Fsp3) is 0.167. The number of halogens is 1. The summed E-state index contributed by atoms with van der Waals surface area (Å²) in [6, 6.07) is 11.2. The molecule has 0 aliphatic heterocycles. The highest BCUT2D eigenvalue weighted by Crippen LogP contribution is 2.21. The van der Waals surface area contributed by atoms with Crippen molar-refractivity contribution in [2.24, 2.45) is 0 Å². The lowest BCUT2D eigenvalue weighted by atomic mass is 10.0. The van der Waals surface area contributed by atoms with E-state index >= 15 is 0 Å². The van der Waals surface area contributed by atoms with Gasteiger partial charge in [0.15, 0.2) is 0 Å². The van der Waals surface area contributed by atoms with Gasteiger partial charge in [-0.2, -0.15) is 0 Å². The van der Waals surface area contributed by atoms with Crippen LogP contribution in [0.5, 0.6) is 0 Å². The van der Waals surface area contributed by atoms with Crippen LogP contribution in [0.25, 0.3) is 10.8 Å². The maximum Gasteiger partial charge on any atom is 0.128 e. The molecule has 0 atom stereocenters. The number of fused-ring (bicyclic) bond motifs is 1. The minimum atomic E-state index is -0.141. The highest BCUT2D eigenvalue weighted by Gasteiger charge is 2.05. The largest absolute Gasteiger partial charge is 0.316 e. The van der Waals surface area contributed by atoms with Gasteiger partial charge in [-0.15, -0.1) is 0 Å². The summed E-state index contributed by atoms with van der Waals surface area (Å²) in [6.45, 7) is 0.563. The van der Waals surface area contributed by atoms with Crippen LogP contribution >= 0.6 is 0 Å². The van der Waals surface area contributed by atoms with Gasteiger partial charge in [-0.25, -0.2) is 4.39 Å². The molecular formula is C12H12FN. The Morgan fingerprint density at radius 2 is 1.93 bits per heavy atom. The molecule has 0 heterocycles. The molecule has 2 aromatic rings. The predicted molar refractivity (Wildman–Crippen MR) is 56.7 cm³/mol. The highest BCUT2D eigenvalue weighted by atomic mass is 19.1. The van der Waals surface area contributed by atoms with Crippen LogP contribution in [0.3, 0.4) is 0 Å². The molecule has 0 bridgehead atoms. The summed E-state index contributed by atoms with van der Waals surface area (Å²) in [5.41, 5.74) is 0.741. The van der Waals surface area contributed by atoms with Crippen molar-refractivity contribution in [3.8, 4) is 0 Å². The molecule has 0 fully saturated rings. The van der Waals surface area contributed by atoms with Gasteiger partial charge in [-0.05, 0) is 23.9 Å². The average Bonchev–Trinajstić information content (AvgIpc) is 2.23. The van der Waals surface area contributed by atoms with Crippen molar-refractivity contribution in [2.75, 3.05) is 7.05 Å². The Bertz CT molecular complexity index is 451. The third-order valence-corrected chi connectivity index (χ3v) is 2.34. The third kappa shape index (κ3) is 1.49. The first-order valence-electron chi connectivity index (χ1n) is 4.63. The SMILES string of the molecule is CNCc1c(F)ccc2ccccc12. The Labute approximate surface area is 82.6 Å². The van der Waals surface area contributed by atoms with Crippen LogP contribution in [0.2, 0.25) is 0 Å². The number of hydrogen-bond donors (Lipinski definition) is 1. The van der Waals surface area contributed by atoms with Crippen LogP contribution in [0.15, 0.2) is 36.4 Å². The monoisotopic (exact) mass is 189 g/mol. The van der Waals surface area contributed by atoms with Gasteiger partial charge in [0.2, 0.25) is 0 Å². The Kier molecular flexibility index (Phi) is 2.46. The number of benzene rings is 2.